The molecule has 242 valence electrons. The lowest BCUT2D eigenvalue weighted by atomic mass is 9.98. The number of carbonyl (C=O) groups excluding carboxylic acids is 8. The molecule has 0 fully saturated rings. The van der Waals surface area contributed by atoms with Crippen molar-refractivity contribution in [2.24, 2.45) is 5.92 Å². The fraction of sp³-hybridized carbons (Fsp3) is 0.517. The molecule has 0 saturated heterocycles. The lowest BCUT2D eigenvalue weighted by Gasteiger charge is -2.28. The highest BCUT2D eigenvalue weighted by Gasteiger charge is 2.32. The molecular weight excluding hydrogens is 580 g/mol. The largest absolute Gasteiger partial charge is 0.550 e. The Hall–Kier alpha value is -4.82. The van der Waals surface area contributed by atoms with Gasteiger partial charge in [0.15, 0.2) is 5.78 Å². The van der Waals surface area contributed by atoms with Gasteiger partial charge in [-0.25, -0.2) is 0 Å². The van der Waals surface area contributed by atoms with E-state index in [-0.39, 0.29) is 6.42 Å². The van der Waals surface area contributed by atoms with Gasteiger partial charge in [-0.1, -0.05) is 44.2 Å². The summed E-state index contributed by atoms with van der Waals surface area (Å²) in [5, 5.41) is 42.4. The first-order valence-corrected chi connectivity index (χ1v) is 13.9. The highest BCUT2D eigenvalue weighted by Crippen LogP contribution is 2.10. The predicted octanol–water partition coefficient (Wildman–Crippen LogP) is -4.00. The normalized spacial score (nSPS) is 13.5. The Morgan fingerprint density at radius 3 is 1.73 bits per heavy atom. The molecule has 1 rings (SSSR count). The zero-order valence-electron chi connectivity index (χ0n) is 24.7. The van der Waals surface area contributed by atoms with Crippen LogP contribution in [-0.4, -0.2) is 71.5 Å². The lowest BCUT2D eigenvalue weighted by Crippen LogP contribution is -2.59. The Morgan fingerprint density at radius 2 is 1.20 bits per heavy atom. The second-order valence-corrected chi connectivity index (χ2v) is 10.5. The summed E-state index contributed by atoms with van der Waals surface area (Å²) in [6, 6.07) is 3.13. The quantitative estimate of drug-likeness (QED) is 0.110. The Kier molecular flexibility index (Phi) is 15.8. The van der Waals surface area contributed by atoms with E-state index >= 15 is 0 Å². The summed E-state index contributed by atoms with van der Waals surface area (Å²) in [5.74, 6) is -9.92. The molecule has 15 nitrogen and oxygen atoms in total. The highest BCUT2D eigenvalue weighted by atomic mass is 16.4. The smallest absolute Gasteiger partial charge is 0.243 e. The molecule has 0 heterocycles. The van der Waals surface area contributed by atoms with Crippen LogP contribution in [0.4, 0.5) is 0 Å². The van der Waals surface area contributed by atoms with Gasteiger partial charge in [0.25, 0.3) is 0 Å². The number of amides is 4. The molecule has 0 aliphatic rings. The van der Waals surface area contributed by atoms with Crippen molar-refractivity contribution in [3.8, 4) is 0 Å². The van der Waals surface area contributed by atoms with E-state index in [9.17, 15) is 53.7 Å². The molecule has 0 aromatic heterocycles. The molecule has 1 aromatic rings. The standard InChI is InChI=1S/C29H40N4O11/c1-16(2)26(29(44)32-20(14-24(38)39)22(35)11-7-10-18-8-5-4-6-9-18)33-27(42)19(12-13-23(36)37)31-28(43)21(15-25(40)41)30-17(3)34/h4-6,8-9,16,19-21,26H,7,10-15H2,1-3H3,(H,30,34)(H,31,43)(H,32,44)(H,33,42)(H,36,37)(H,38,39)(H,40,41)/p-3/t19-,20-,21-,26-/m0/s1. The molecule has 0 spiro atoms. The monoisotopic (exact) mass is 617 g/mol. The zero-order valence-corrected chi connectivity index (χ0v) is 24.7. The predicted molar refractivity (Wildman–Crippen MR) is 146 cm³/mol. The van der Waals surface area contributed by atoms with Crippen molar-refractivity contribution in [3.63, 3.8) is 0 Å². The third kappa shape index (κ3) is 14.4. The first kappa shape index (κ1) is 37.2. The van der Waals surface area contributed by atoms with Crippen molar-refractivity contribution < 1.29 is 53.7 Å². The average molecular weight is 618 g/mol. The molecule has 0 bridgehead atoms. The number of hydrogen-bond donors (Lipinski definition) is 4. The second kappa shape index (κ2) is 18.7. The van der Waals surface area contributed by atoms with E-state index in [1.54, 1.807) is 0 Å². The van der Waals surface area contributed by atoms with E-state index in [4.69, 9.17) is 0 Å². The maximum absolute atomic E-state index is 13.2. The van der Waals surface area contributed by atoms with Crippen LogP contribution in [0, 0.1) is 5.92 Å². The lowest BCUT2D eigenvalue weighted by molar-refractivity contribution is -0.307. The topological polar surface area (TPSA) is 254 Å². The van der Waals surface area contributed by atoms with Crippen molar-refractivity contribution in [3.05, 3.63) is 35.9 Å². The summed E-state index contributed by atoms with van der Waals surface area (Å²) >= 11 is 0. The first-order chi connectivity index (χ1) is 20.6. The van der Waals surface area contributed by atoms with Gasteiger partial charge in [-0.15, -0.1) is 0 Å². The van der Waals surface area contributed by atoms with Crippen LogP contribution in [0.2, 0.25) is 0 Å². The van der Waals surface area contributed by atoms with Gasteiger partial charge in [0.2, 0.25) is 23.6 Å². The average Bonchev–Trinajstić information content (AvgIpc) is 2.92. The van der Waals surface area contributed by atoms with Crippen LogP contribution in [0.25, 0.3) is 0 Å². The number of aryl methyl sites for hydroxylation is 1. The second-order valence-electron chi connectivity index (χ2n) is 10.5. The number of aliphatic carboxylic acids is 3. The third-order valence-electron chi connectivity index (χ3n) is 6.39. The molecule has 44 heavy (non-hydrogen) atoms. The molecule has 15 heteroatoms. The maximum Gasteiger partial charge on any atom is 0.243 e. The van der Waals surface area contributed by atoms with Crippen molar-refractivity contribution in [2.75, 3.05) is 0 Å². The molecule has 0 aliphatic carbocycles. The third-order valence-corrected chi connectivity index (χ3v) is 6.39. The van der Waals surface area contributed by atoms with Crippen molar-refractivity contribution in [1.82, 2.24) is 21.3 Å². The van der Waals surface area contributed by atoms with Gasteiger partial charge >= 0.3 is 0 Å². The number of rotatable bonds is 20. The van der Waals surface area contributed by atoms with Crippen molar-refractivity contribution >= 4 is 47.3 Å². The van der Waals surface area contributed by atoms with Crippen LogP contribution in [0.5, 0.6) is 0 Å². The first-order valence-electron chi connectivity index (χ1n) is 13.9. The van der Waals surface area contributed by atoms with Gasteiger partial charge in [0, 0.05) is 44.1 Å². The molecule has 0 unspecified atom stereocenters. The van der Waals surface area contributed by atoms with E-state index < -0.39 is 103 Å². The summed E-state index contributed by atoms with van der Waals surface area (Å²) in [5.41, 5.74) is 0.965. The summed E-state index contributed by atoms with van der Waals surface area (Å²) in [6.07, 6.45) is -2.15. The molecule has 4 N–H and O–H groups in total. The van der Waals surface area contributed by atoms with Crippen LogP contribution in [-0.2, 0) is 44.8 Å². The number of nitrogens with one attached hydrogen (secondary N) is 4. The molecule has 0 saturated carbocycles. The molecule has 4 atom stereocenters. The number of carboxylic acid groups (broad SMARTS) is 3. The van der Waals surface area contributed by atoms with Crippen LogP contribution in [0.3, 0.4) is 0 Å². The Balaban J connectivity index is 3.05. The SMILES string of the molecule is CC(=O)N[C@@H](CC(=O)[O-])C(=O)N[C@@H](CCC(=O)[O-])C(=O)N[C@H](C(=O)N[C@@H](CC(=O)[O-])C(=O)CCCc1ccccc1)C(C)C. The molecule has 1 aromatic carbocycles. The van der Waals surface area contributed by atoms with Gasteiger partial charge in [-0.2, -0.15) is 0 Å². The van der Waals surface area contributed by atoms with E-state index in [1.165, 1.54) is 13.8 Å². The minimum Gasteiger partial charge on any atom is -0.550 e. The number of carbonyl (C=O) groups is 8. The van der Waals surface area contributed by atoms with Gasteiger partial charge in [-0.05, 0) is 37.2 Å². The number of carboxylic acids is 3. The van der Waals surface area contributed by atoms with Crippen LogP contribution in [0.15, 0.2) is 30.3 Å². The summed E-state index contributed by atoms with van der Waals surface area (Å²) < 4.78 is 0. The van der Waals surface area contributed by atoms with Crippen molar-refractivity contribution in [2.45, 2.75) is 89.9 Å². The number of hydrogen-bond acceptors (Lipinski definition) is 11. The summed E-state index contributed by atoms with van der Waals surface area (Å²) in [7, 11) is 0. The van der Waals surface area contributed by atoms with E-state index in [0.717, 1.165) is 12.5 Å². The highest BCUT2D eigenvalue weighted by molar-refractivity contribution is 5.97. The molecule has 0 aliphatic heterocycles. The minimum absolute atomic E-state index is 0.0511. The minimum atomic E-state index is -1.69. The van der Waals surface area contributed by atoms with E-state index in [0.29, 0.717) is 12.8 Å². The Morgan fingerprint density at radius 1 is 0.659 bits per heavy atom. The fourth-order valence-electron chi connectivity index (χ4n) is 4.17. The Labute approximate surface area is 254 Å². The Bertz CT molecular complexity index is 1190. The molecule has 4 amide bonds. The molecule has 0 radical (unpaired) electrons. The van der Waals surface area contributed by atoms with Gasteiger partial charge < -0.3 is 51.0 Å². The summed E-state index contributed by atoms with van der Waals surface area (Å²) in [6.45, 7) is 4.08. The number of ketones is 1. The van der Waals surface area contributed by atoms with Gasteiger partial charge in [-0.3, -0.25) is 24.0 Å². The van der Waals surface area contributed by atoms with E-state index in [1.807, 2.05) is 30.3 Å². The van der Waals surface area contributed by atoms with Crippen molar-refractivity contribution in [1.29, 1.82) is 0 Å². The van der Waals surface area contributed by atoms with Crippen LogP contribution in [0.1, 0.15) is 64.9 Å². The van der Waals surface area contributed by atoms with Gasteiger partial charge in [0.1, 0.15) is 18.1 Å². The van der Waals surface area contributed by atoms with E-state index in [2.05, 4.69) is 21.3 Å². The number of Topliss-reactive ketones (excluding diaryl/α,β-unsaturated/α-hetero) is 1. The zero-order chi connectivity index (χ0) is 33.4. The number of benzene rings is 1. The summed E-state index contributed by atoms with van der Waals surface area (Å²) in [4.78, 5) is 96.7. The van der Waals surface area contributed by atoms with Crippen LogP contribution >= 0.6 is 0 Å². The molecular formula is C29H37N4O11-3. The van der Waals surface area contributed by atoms with Gasteiger partial charge in [0.05, 0.1) is 6.04 Å². The van der Waals surface area contributed by atoms with Crippen LogP contribution < -0.4 is 36.6 Å². The fourth-order valence-corrected chi connectivity index (χ4v) is 4.17. The maximum atomic E-state index is 13.2.